The van der Waals surface area contributed by atoms with E-state index >= 15 is 0 Å². The van der Waals surface area contributed by atoms with Crippen LogP contribution >= 0.6 is 11.8 Å². The molecule has 2 fully saturated rings. The lowest BCUT2D eigenvalue weighted by molar-refractivity contribution is -0.210. The second-order valence-corrected chi connectivity index (χ2v) is 16.7. The number of aryl methyl sites for hydroxylation is 1. The molecule has 16 heteroatoms. The van der Waals surface area contributed by atoms with Crippen LogP contribution in [0.4, 0.5) is 0 Å². The monoisotopic (exact) mass is 814 g/mol. The second kappa shape index (κ2) is 14.4. The summed E-state index contributed by atoms with van der Waals surface area (Å²) in [6.07, 6.45) is 2.53. The third kappa shape index (κ3) is 5.47. The van der Waals surface area contributed by atoms with E-state index in [1.54, 1.807) is 12.1 Å². The molecule has 1 spiro atoms. The number of phenolic OH excluding ortho intramolecular Hbond substituents is 2. The Balaban J connectivity index is 1.32. The minimum Gasteiger partial charge on any atom is -0.504 e. The zero-order valence-corrected chi connectivity index (χ0v) is 33.7. The highest BCUT2D eigenvalue weighted by Crippen LogP contribution is 2.64. The molecule has 4 bridgehead atoms. The van der Waals surface area contributed by atoms with E-state index < -0.39 is 47.4 Å². The van der Waals surface area contributed by atoms with Crippen molar-refractivity contribution in [2.45, 2.75) is 74.2 Å². The van der Waals surface area contributed by atoms with Gasteiger partial charge in [-0.25, -0.2) is 4.79 Å². The average molecular weight is 815 g/mol. The van der Waals surface area contributed by atoms with Crippen molar-refractivity contribution in [3.63, 3.8) is 0 Å². The molecule has 0 aliphatic carbocycles. The number of esters is 1. The predicted octanol–water partition coefficient (Wildman–Crippen LogP) is 3.92. The molecule has 8 atom stereocenters. The fourth-order valence-corrected chi connectivity index (χ4v) is 12.0. The smallest absolute Gasteiger partial charge is 0.331 e. The average Bonchev–Trinajstić information content (AvgIpc) is 3.70. The zero-order valence-electron chi connectivity index (χ0n) is 32.9. The number of nitrogens with zero attached hydrogens (tertiary/aromatic N) is 3. The quantitative estimate of drug-likeness (QED) is 0.153. The number of rotatable bonds is 7. The fourth-order valence-electron chi connectivity index (χ4n) is 10.3. The Kier molecular flexibility index (Phi) is 9.61. The molecule has 3 aromatic carbocycles. The van der Waals surface area contributed by atoms with E-state index in [0.29, 0.717) is 70.2 Å². The third-order valence-electron chi connectivity index (χ3n) is 12.8. The molecule has 58 heavy (non-hydrogen) atoms. The topological polar surface area (TPSA) is 185 Å². The summed E-state index contributed by atoms with van der Waals surface area (Å²) in [6, 6.07) is 5.16. The molecule has 2 saturated heterocycles. The Morgan fingerprint density at radius 1 is 1.10 bits per heavy atom. The molecule has 15 nitrogen and oxygen atoms in total. The van der Waals surface area contributed by atoms with Gasteiger partial charge in [-0.15, -0.1) is 18.3 Å². The summed E-state index contributed by atoms with van der Waals surface area (Å²) in [4.78, 5) is 19.2. The van der Waals surface area contributed by atoms with Crippen LogP contribution in [-0.2, 0) is 32.6 Å². The Bertz CT molecular complexity index is 2260. The van der Waals surface area contributed by atoms with Gasteiger partial charge >= 0.3 is 12.4 Å². The number of thioether (sulfide) groups is 1. The normalized spacial score (nSPS) is 28.6. The van der Waals surface area contributed by atoms with Gasteiger partial charge in [-0.1, -0.05) is 12.1 Å². The van der Waals surface area contributed by atoms with Crippen LogP contribution in [0.3, 0.4) is 0 Å². The SMILES string of the molecule is C=CCOC(O)Oc1c(C)c2c(c3c1[C@H]1SC[C@]4(NCCc5cc(O)c(OC)cc54)C(=O)OC[C@@H]3N3C1[C@@H]1c4c(cc(C)c(OC)c4O)C[C@@H]([C@@H]3C#N)N1C)OCO2. The van der Waals surface area contributed by atoms with Crippen molar-refractivity contribution in [1.29, 1.82) is 5.26 Å². The molecule has 7 aliphatic heterocycles. The minimum absolute atomic E-state index is 0.0160. The van der Waals surface area contributed by atoms with E-state index in [1.165, 1.54) is 32.1 Å². The van der Waals surface area contributed by atoms with Gasteiger partial charge in [0.25, 0.3) is 0 Å². The van der Waals surface area contributed by atoms with Gasteiger partial charge in [0.15, 0.2) is 40.0 Å². The molecule has 2 unspecified atom stereocenters. The van der Waals surface area contributed by atoms with Gasteiger partial charge in [0.2, 0.25) is 6.79 Å². The van der Waals surface area contributed by atoms with Crippen molar-refractivity contribution < 1.29 is 53.3 Å². The first kappa shape index (κ1) is 38.6. The molecular formula is C42H46N4O11S. The van der Waals surface area contributed by atoms with E-state index in [-0.39, 0.29) is 49.0 Å². The first-order valence-electron chi connectivity index (χ1n) is 19.2. The lowest BCUT2D eigenvalue weighted by Crippen LogP contribution is -2.69. The second-order valence-electron chi connectivity index (χ2n) is 15.5. The summed E-state index contributed by atoms with van der Waals surface area (Å²) in [6.45, 7) is 5.90. The van der Waals surface area contributed by atoms with Crippen molar-refractivity contribution in [3.05, 3.63) is 75.4 Å². The largest absolute Gasteiger partial charge is 0.504 e. The number of nitrogens with one attached hydrogen (secondary N) is 1. The summed E-state index contributed by atoms with van der Waals surface area (Å²) in [7, 11) is 4.98. The number of piperazine rings is 1. The van der Waals surface area contributed by atoms with E-state index in [0.717, 1.165) is 16.7 Å². The molecule has 0 saturated carbocycles. The van der Waals surface area contributed by atoms with Gasteiger partial charge in [-0.2, -0.15) is 5.26 Å². The molecule has 7 heterocycles. The lowest BCUT2D eigenvalue weighted by Gasteiger charge is -2.62. The molecule has 4 N–H and O–H groups in total. The molecule has 306 valence electrons. The van der Waals surface area contributed by atoms with Crippen molar-refractivity contribution >= 4 is 17.7 Å². The number of carbonyl (C=O) groups is 1. The maximum absolute atomic E-state index is 14.8. The maximum Gasteiger partial charge on any atom is 0.331 e. The highest BCUT2D eigenvalue weighted by atomic mass is 32.2. The van der Waals surface area contributed by atoms with Crippen molar-refractivity contribution in [1.82, 2.24) is 15.1 Å². The number of aliphatic hydroxyl groups is 1. The lowest BCUT2D eigenvalue weighted by atomic mass is 9.71. The van der Waals surface area contributed by atoms with Crippen LogP contribution in [0.1, 0.15) is 61.8 Å². The summed E-state index contributed by atoms with van der Waals surface area (Å²) in [5, 5.41) is 48.2. The molecule has 0 amide bonds. The van der Waals surface area contributed by atoms with Crippen molar-refractivity contribution in [2.75, 3.05) is 53.6 Å². The van der Waals surface area contributed by atoms with E-state index in [2.05, 4.69) is 27.8 Å². The van der Waals surface area contributed by atoms with Gasteiger partial charge in [-0.05, 0) is 68.1 Å². The van der Waals surface area contributed by atoms with Crippen LogP contribution in [0, 0.1) is 25.2 Å². The molecular weight excluding hydrogens is 769 g/mol. The summed E-state index contributed by atoms with van der Waals surface area (Å²) >= 11 is 1.47. The number of ether oxygens (including phenoxy) is 7. The maximum atomic E-state index is 14.8. The molecule has 3 aromatic rings. The number of hydrogen-bond acceptors (Lipinski definition) is 16. The first-order chi connectivity index (χ1) is 28.0. The van der Waals surface area contributed by atoms with E-state index in [1.807, 2.05) is 27.0 Å². The van der Waals surface area contributed by atoms with Crippen molar-refractivity contribution in [3.8, 4) is 46.3 Å². The Morgan fingerprint density at radius 2 is 1.90 bits per heavy atom. The van der Waals surface area contributed by atoms with Crippen LogP contribution in [0.25, 0.3) is 0 Å². The third-order valence-corrected chi connectivity index (χ3v) is 14.2. The van der Waals surface area contributed by atoms with Crippen LogP contribution in [0.2, 0.25) is 0 Å². The fraction of sp³-hybridized carbons (Fsp3) is 0.476. The standard InChI is InChI=1S/C42H46N4O11S/c1-7-10-53-41(50)57-36-20(3)37-38(56-18-55-37)30-26-16-54-40(49)42(23-14-28(51-5)27(47)13-21(23)8-9-44-42)17-58-39(31(30)36)33-32-29-22(11-19(2)35(52-6)34(29)48)12-24(45(32)4)25(15-43)46(26)33/h7,11,13-14,24-26,32-33,39,41,44,47-48,50H,1,8-10,12,16-18H2,2-6H3/t24-,25-,26-,32-,33?,39+,41?,42+/m0/s1. The molecule has 10 rings (SSSR count). The number of likely N-dealkylation sites (N-methyl/N-ethyl adjacent to an activating group) is 1. The van der Waals surface area contributed by atoms with Gasteiger partial charge in [0.1, 0.15) is 18.4 Å². The number of methoxy groups -OCH3 is 2. The highest BCUT2D eigenvalue weighted by Gasteiger charge is 2.62. The van der Waals surface area contributed by atoms with Gasteiger partial charge in [0, 0.05) is 46.6 Å². The summed E-state index contributed by atoms with van der Waals surface area (Å²) in [5.74, 6) is 1.37. The minimum atomic E-state index is -1.69. The van der Waals surface area contributed by atoms with Crippen molar-refractivity contribution in [2.24, 2.45) is 0 Å². The summed E-state index contributed by atoms with van der Waals surface area (Å²) in [5.41, 5.74) is 4.28. The highest BCUT2D eigenvalue weighted by molar-refractivity contribution is 7.99. The number of aromatic hydroxyl groups is 2. The number of fused-ring (bicyclic) bond motifs is 9. The van der Waals surface area contributed by atoms with Gasteiger partial charge in [-0.3, -0.25) is 15.1 Å². The Hall–Kier alpha value is -4.89. The van der Waals surface area contributed by atoms with Gasteiger partial charge < -0.3 is 48.5 Å². The Morgan fingerprint density at radius 3 is 2.64 bits per heavy atom. The number of aliphatic hydroxyl groups excluding tert-OH is 1. The Labute approximate surface area is 340 Å². The number of carbonyl (C=O) groups excluding carboxylic acids is 1. The number of benzene rings is 3. The molecule has 0 radical (unpaired) electrons. The molecule has 0 aromatic heterocycles. The number of nitriles is 1. The zero-order chi connectivity index (χ0) is 40.8. The predicted molar refractivity (Wildman–Crippen MR) is 209 cm³/mol. The van der Waals surface area contributed by atoms with Crippen LogP contribution in [0.15, 0.2) is 30.9 Å². The number of hydrogen-bond donors (Lipinski definition) is 4. The first-order valence-corrected chi connectivity index (χ1v) is 20.3. The van der Waals surface area contributed by atoms with Crippen LogP contribution < -0.4 is 29.0 Å². The summed E-state index contributed by atoms with van der Waals surface area (Å²) < 4.78 is 42.0. The number of phenols is 2. The molecule has 7 aliphatic rings. The van der Waals surface area contributed by atoms with Crippen LogP contribution in [-0.4, -0.2) is 109 Å². The van der Waals surface area contributed by atoms with E-state index in [4.69, 9.17) is 33.2 Å². The van der Waals surface area contributed by atoms with Gasteiger partial charge in [0.05, 0.1) is 44.2 Å². The van der Waals surface area contributed by atoms with Crippen LogP contribution in [0.5, 0.6) is 40.2 Å². The van der Waals surface area contributed by atoms with E-state index in [9.17, 15) is 25.4 Å².